The Bertz CT molecular complexity index is 842. The molecule has 0 heterocycles. The monoisotopic (exact) mass is 364 g/mol. The van der Waals surface area contributed by atoms with Crippen molar-refractivity contribution in [3.05, 3.63) is 58.7 Å². The number of hydrogen-bond acceptors (Lipinski definition) is 4. The summed E-state index contributed by atoms with van der Waals surface area (Å²) in [5, 5.41) is 6.43. The summed E-state index contributed by atoms with van der Waals surface area (Å²) in [4.78, 5) is 26.2. The molecule has 0 saturated carbocycles. The molecule has 0 atom stereocenters. The van der Waals surface area contributed by atoms with Gasteiger partial charge in [-0.2, -0.15) is 0 Å². The van der Waals surface area contributed by atoms with Crippen molar-refractivity contribution in [1.29, 1.82) is 0 Å². The van der Waals surface area contributed by atoms with E-state index in [-0.39, 0.29) is 11.6 Å². The largest absolute Gasteiger partial charge is 0.388 e. The Balaban J connectivity index is 1.79. The first-order valence-electron chi connectivity index (χ1n) is 9.96. The number of carbonyl (C=O) groups excluding carboxylic acids is 2. The molecule has 0 unspecified atom stereocenters. The molecule has 3 rings (SSSR count). The van der Waals surface area contributed by atoms with Gasteiger partial charge in [-0.05, 0) is 18.6 Å². The summed E-state index contributed by atoms with van der Waals surface area (Å²) in [5.74, 6) is -0.171. The van der Waals surface area contributed by atoms with Gasteiger partial charge in [0.15, 0.2) is 11.6 Å². The second-order valence-electron chi connectivity index (χ2n) is 7.06. The van der Waals surface area contributed by atoms with Gasteiger partial charge in [0.25, 0.3) is 0 Å². The summed E-state index contributed by atoms with van der Waals surface area (Å²) in [6, 6.07) is 10.9. The molecule has 2 aromatic carbocycles. The van der Waals surface area contributed by atoms with Gasteiger partial charge in [0.05, 0.1) is 11.1 Å². The third kappa shape index (κ3) is 3.90. The summed E-state index contributed by atoms with van der Waals surface area (Å²) < 4.78 is 0. The quantitative estimate of drug-likeness (QED) is 0.507. The first-order valence-corrected chi connectivity index (χ1v) is 9.96. The lowest BCUT2D eigenvalue weighted by molar-refractivity contribution is 0.0980. The van der Waals surface area contributed by atoms with E-state index in [1.165, 1.54) is 32.1 Å². The summed E-state index contributed by atoms with van der Waals surface area (Å²) >= 11 is 0. The maximum absolute atomic E-state index is 13.2. The summed E-state index contributed by atoms with van der Waals surface area (Å²) in [6.07, 6.45) is 7.33. The summed E-state index contributed by atoms with van der Waals surface area (Å²) in [6.45, 7) is 3.03. The van der Waals surface area contributed by atoms with Gasteiger partial charge < -0.3 is 10.6 Å². The van der Waals surface area contributed by atoms with Gasteiger partial charge in [-0.1, -0.05) is 63.3 Å². The highest BCUT2D eigenvalue weighted by Crippen LogP contribution is 2.35. The second-order valence-corrected chi connectivity index (χ2v) is 7.06. The van der Waals surface area contributed by atoms with Crippen molar-refractivity contribution in [2.24, 2.45) is 0 Å². The number of carbonyl (C=O) groups is 2. The molecule has 1 aliphatic carbocycles. The molecule has 0 spiro atoms. The minimum absolute atomic E-state index is 0.0834. The van der Waals surface area contributed by atoms with E-state index < -0.39 is 0 Å². The molecule has 4 heteroatoms. The van der Waals surface area contributed by atoms with Gasteiger partial charge >= 0.3 is 0 Å². The minimum Gasteiger partial charge on any atom is -0.388 e. The maximum atomic E-state index is 13.2. The second kappa shape index (κ2) is 8.85. The molecule has 0 amide bonds. The van der Waals surface area contributed by atoms with Crippen molar-refractivity contribution in [3.63, 3.8) is 0 Å². The predicted octanol–water partition coefficient (Wildman–Crippen LogP) is 5.28. The molecule has 4 nitrogen and oxygen atoms in total. The molecule has 0 aliphatic heterocycles. The fourth-order valence-corrected chi connectivity index (χ4v) is 3.73. The molecule has 142 valence electrons. The first-order chi connectivity index (χ1) is 13.2. The van der Waals surface area contributed by atoms with Gasteiger partial charge in [0, 0.05) is 36.1 Å². The zero-order chi connectivity index (χ0) is 19.2. The number of ketones is 2. The van der Waals surface area contributed by atoms with Gasteiger partial charge in [0.1, 0.15) is 0 Å². The van der Waals surface area contributed by atoms with E-state index in [1.54, 1.807) is 19.2 Å². The number of benzene rings is 2. The molecular formula is C23H28N2O2. The summed E-state index contributed by atoms with van der Waals surface area (Å²) in [5.41, 5.74) is 3.41. The highest BCUT2D eigenvalue weighted by molar-refractivity contribution is 6.31. The average Bonchev–Trinajstić information content (AvgIpc) is 2.70. The van der Waals surface area contributed by atoms with Gasteiger partial charge in [-0.3, -0.25) is 9.59 Å². The number of unbranched alkanes of at least 4 members (excludes halogenated alkanes) is 5. The van der Waals surface area contributed by atoms with Crippen LogP contribution in [-0.2, 0) is 0 Å². The van der Waals surface area contributed by atoms with Crippen LogP contribution in [0.4, 0.5) is 11.4 Å². The molecule has 1 aliphatic rings. The predicted molar refractivity (Wildman–Crippen MR) is 111 cm³/mol. The fraction of sp³-hybridized carbons (Fsp3) is 0.391. The molecule has 0 bridgehead atoms. The van der Waals surface area contributed by atoms with Crippen molar-refractivity contribution in [3.8, 4) is 0 Å². The summed E-state index contributed by atoms with van der Waals surface area (Å²) in [7, 11) is 1.77. The van der Waals surface area contributed by atoms with Crippen molar-refractivity contribution < 1.29 is 9.59 Å². The Morgan fingerprint density at radius 1 is 0.741 bits per heavy atom. The Morgan fingerprint density at radius 2 is 1.33 bits per heavy atom. The van der Waals surface area contributed by atoms with Crippen LogP contribution < -0.4 is 10.6 Å². The molecule has 2 N–H and O–H groups in total. The van der Waals surface area contributed by atoms with Crippen LogP contribution in [-0.4, -0.2) is 25.2 Å². The van der Waals surface area contributed by atoms with Crippen LogP contribution in [0.5, 0.6) is 0 Å². The van der Waals surface area contributed by atoms with E-state index in [4.69, 9.17) is 0 Å². The van der Waals surface area contributed by atoms with Crippen LogP contribution in [0.2, 0.25) is 0 Å². The number of hydrogen-bond donors (Lipinski definition) is 2. The lowest BCUT2D eigenvalue weighted by Crippen LogP contribution is -2.24. The van der Waals surface area contributed by atoms with Crippen LogP contribution in [0.15, 0.2) is 36.4 Å². The fourth-order valence-electron chi connectivity index (χ4n) is 3.73. The van der Waals surface area contributed by atoms with Gasteiger partial charge in [-0.25, -0.2) is 0 Å². The van der Waals surface area contributed by atoms with E-state index in [0.717, 1.165) is 18.7 Å². The van der Waals surface area contributed by atoms with E-state index >= 15 is 0 Å². The van der Waals surface area contributed by atoms with E-state index in [1.807, 2.05) is 24.3 Å². The van der Waals surface area contributed by atoms with Crippen molar-refractivity contribution in [2.75, 3.05) is 24.2 Å². The molecule has 2 aromatic rings. The zero-order valence-corrected chi connectivity index (χ0v) is 16.2. The maximum Gasteiger partial charge on any atom is 0.198 e. The number of nitrogens with one attached hydrogen (secondary N) is 2. The highest BCUT2D eigenvalue weighted by atomic mass is 16.1. The molecule has 0 saturated heterocycles. The SMILES string of the molecule is CCCCCCCCNc1cccc2c1C(=O)c1c(NC)cccc1C2=O. The Labute approximate surface area is 161 Å². The third-order valence-electron chi connectivity index (χ3n) is 5.19. The Morgan fingerprint density at radius 3 is 2.00 bits per heavy atom. The number of fused-ring (bicyclic) bond motifs is 2. The van der Waals surface area contributed by atoms with Crippen LogP contribution in [0.1, 0.15) is 77.3 Å². The molecule has 27 heavy (non-hydrogen) atoms. The van der Waals surface area contributed by atoms with Gasteiger partial charge in [0.2, 0.25) is 0 Å². The zero-order valence-electron chi connectivity index (χ0n) is 16.2. The number of anilines is 2. The lowest BCUT2D eigenvalue weighted by Gasteiger charge is -2.22. The highest BCUT2D eigenvalue weighted by Gasteiger charge is 2.33. The van der Waals surface area contributed by atoms with Crippen LogP contribution in [0.25, 0.3) is 0 Å². The smallest absolute Gasteiger partial charge is 0.198 e. The van der Waals surface area contributed by atoms with Crippen LogP contribution in [0.3, 0.4) is 0 Å². The van der Waals surface area contributed by atoms with Crippen LogP contribution in [0, 0.1) is 0 Å². The van der Waals surface area contributed by atoms with E-state index in [9.17, 15) is 9.59 Å². The minimum atomic E-state index is -0.0874. The third-order valence-corrected chi connectivity index (χ3v) is 5.19. The molecule has 0 aromatic heterocycles. The number of rotatable bonds is 9. The molecule has 0 fully saturated rings. The average molecular weight is 364 g/mol. The molecular weight excluding hydrogens is 336 g/mol. The Hall–Kier alpha value is -2.62. The first kappa shape index (κ1) is 19.2. The normalized spacial score (nSPS) is 12.5. The topological polar surface area (TPSA) is 58.2 Å². The molecule has 0 radical (unpaired) electrons. The van der Waals surface area contributed by atoms with E-state index in [2.05, 4.69) is 17.6 Å². The van der Waals surface area contributed by atoms with Gasteiger partial charge in [-0.15, -0.1) is 0 Å². The van der Waals surface area contributed by atoms with Crippen molar-refractivity contribution in [2.45, 2.75) is 45.4 Å². The van der Waals surface area contributed by atoms with Crippen molar-refractivity contribution in [1.82, 2.24) is 0 Å². The Kier molecular flexibility index (Phi) is 6.28. The van der Waals surface area contributed by atoms with Crippen molar-refractivity contribution >= 4 is 22.9 Å². The lowest BCUT2D eigenvalue weighted by atomic mass is 9.82. The van der Waals surface area contributed by atoms with Crippen LogP contribution >= 0.6 is 0 Å². The van der Waals surface area contributed by atoms with E-state index in [0.29, 0.717) is 27.9 Å². The standard InChI is InChI=1S/C23H28N2O2/c1-3-4-5-6-7-8-15-25-19-14-10-12-17-21(19)23(27)20-16(22(17)26)11-9-13-18(20)24-2/h9-14,24-25H,3-8,15H2,1-2H3.